The molecule has 148 valence electrons. The molecule has 0 unspecified atom stereocenters. The van der Waals surface area contributed by atoms with Gasteiger partial charge >= 0.3 is 5.97 Å². The van der Waals surface area contributed by atoms with Crippen LogP contribution in [0.4, 0.5) is 0 Å². The molecule has 11 nitrogen and oxygen atoms in total. The number of hydrogen-bond donors (Lipinski definition) is 3. The third-order valence-electron chi connectivity index (χ3n) is 4.18. The van der Waals surface area contributed by atoms with Gasteiger partial charge in [0.25, 0.3) is 5.96 Å². The fourth-order valence-electron chi connectivity index (χ4n) is 2.84. The molecule has 26 heavy (non-hydrogen) atoms. The molecule has 1 heterocycles. The summed E-state index contributed by atoms with van der Waals surface area (Å²) in [5.41, 5.74) is 13.0. The number of carbonyl (C=O) groups excluding carboxylic acids is 2. The van der Waals surface area contributed by atoms with E-state index >= 15 is 0 Å². The van der Waals surface area contributed by atoms with Crippen molar-refractivity contribution in [1.82, 2.24) is 10.3 Å². The van der Waals surface area contributed by atoms with Gasteiger partial charge in [0.1, 0.15) is 6.04 Å². The van der Waals surface area contributed by atoms with Crippen LogP contribution < -0.4 is 16.9 Å². The average Bonchev–Trinajstić information content (AvgIpc) is 2.57. The van der Waals surface area contributed by atoms with E-state index < -0.39 is 23.1 Å². The minimum absolute atomic E-state index is 0.200. The smallest absolute Gasteiger partial charge is 0.328 e. The van der Waals surface area contributed by atoms with Crippen molar-refractivity contribution < 1.29 is 19.4 Å². The van der Waals surface area contributed by atoms with Crippen LogP contribution in [-0.4, -0.2) is 59.5 Å². The fraction of sp³-hybridized carbons (Fsp3) is 0.800. The predicted octanol–water partition coefficient (Wildman–Crippen LogP) is -0.620. The molecule has 0 radical (unpaired) electrons. The van der Waals surface area contributed by atoms with Crippen LogP contribution in [0.3, 0.4) is 0 Å². The molecule has 0 aromatic carbocycles. The van der Waals surface area contributed by atoms with E-state index in [1.807, 2.05) is 6.92 Å². The first-order valence-corrected chi connectivity index (χ1v) is 8.69. The second-order valence-electron chi connectivity index (χ2n) is 6.31. The Bertz CT molecular complexity index is 541. The molecule has 1 aliphatic rings. The monoisotopic (exact) mass is 372 g/mol. The minimum atomic E-state index is -0.805. The van der Waals surface area contributed by atoms with E-state index in [0.29, 0.717) is 31.7 Å². The van der Waals surface area contributed by atoms with Crippen molar-refractivity contribution in [3.63, 3.8) is 0 Å². The molecule has 3 atom stereocenters. The third-order valence-corrected chi connectivity index (χ3v) is 4.18. The Morgan fingerprint density at radius 3 is 2.81 bits per heavy atom. The molecule has 5 N–H and O–H groups in total. The van der Waals surface area contributed by atoms with Crippen molar-refractivity contribution >= 4 is 17.8 Å². The molecule has 0 aromatic heterocycles. The molecule has 1 aliphatic heterocycles. The van der Waals surface area contributed by atoms with E-state index in [0.717, 1.165) is 6.42 Å². The predicted molar refractivity (Wildman–Crippen MR) is 94.4 cm³/mol. The number of aliphatic imine (C=N–C) groups is 1. The molecule has 0 spiro atoms. The molecule has 11 heteroatoms. The Balaban J connectivity index is 2.56. The van der Waals surface area contributed by atoms with Crippen LogP contribution in [0.1, 0.15) is 39.5 Å². The van der Waals surface area contributed by atoms with Gasteiger partial charge in [-0.15, -0.1) is 0 Å². The van der Waals surface area contributed by atoms with Crippen molar-refractivity contribution in [2.45, 2.75) is 51.6 Å². The number of nitrogens with zero attached hydrogens (tertiary/aromatic N) is 3. The zero-order valence-corrected chi connectivity index (χ0v) is 15.2. The van der Waals surface area contributed by atoms with E-state index in [1.54, 1.807) is 12.3 Å². The zero-order chi connectivity index (χ0) is 19.7. The summed E-state index contributed by atoms with van der Waals surface area (Å²) in [6.45, 7) is 4.69. The number of rotatable bonds is 8. The van der Waals surface area contributed by atoms with E-state index in [1.165, 1.54) is 4.90 Å². The van der Waals surface area contributed by atoms with Gasteiger partial charge in [0.2, 0.25) is 5.91 Å². The third kappa shape index (κ3) is 6.82. The number of ether oxygens (including phenoxy) is 1. The van der Waals surface area contributed by atoms with Crippen LogP contribution in [0.2, 0.25) is 0 Å². The summed E-state index contributed by atoms with van der Waals surface area (Å²) >= 11 is 0. The number of piperidine rings is 1. The Labute approximate surface area is 152 Å². The van der Waals surface area contributed by atoms with Gasteiger partial charge in [-0.05, 0) is 38.5 Å². The average molecular weight is 372 g/mol. The van der Waals surface area contributed by atoms with Crippen molar-refractivity contribution in [2.75, 3.05) is 19.7 Å². The van der Waals surface area contributed by atoms with Gasteiger partial charge in [-0.1, -0.05) is 12.3 Å². The van der Waals surface area contributed by atoms with Crippen LogP contribution in [0.5, 0.6) is 0 Å². The molecule has 1 amide bonds. The molecule has 0 bridgehead atoms. The maximum absolute atomic E-state index is 12.6. The molecule has 0 saturated carbocycles. The van der Waals surface area contributed by atoms with Crippen molar-refractivity contribution in [3.8, 4) is 0 Å². The van der Waals surface area contributed by atoms with E-state index in [4.69, 9.17) is 16.2 Å². The number of hydrogen-bond acceptors (Lipinski definition) is 7. The lowest BCUT2D eigenvalue weighted by molar-refractivity contribution is -0.525. The maximum Gasteiger partial charge on any atom is 0.328 e. The Morgan fingerprint density at radius 1 is 1.50 bits per heavy atom. The Hall–Kier alpha value is -2.43. The number of carbonyl (C=O) groups is 2. The highest BCUT2D eigenvalue weighted by Crippen LogP contribution is 2.24. The van der Waals surface area contributed by atoms with E-state index in [-0.39, 0.29) is 25.0 Å². The van der Waals surface area contributed by atoms with Crippen LogP contribution >= 0.6 is 0 Å². The molecule has 1 rings (SSSR count). The highest BCUT2D eigenvalue weighted by atomic mass is 16.7. The lowest BCUT2D eigenvalue weighted by Gasteiger charge is -2.38. The van der Waals surface area contributed by atoms with Gasteiger partial charge in [-0.3, -0.25) is 4.79 Å². The molecule has 1 fully saturated rings. The van der Waals surface area contributed by atoms with Gasteiger partial charge < -0.3 is 21.1 Å². The first-order valence-electron chi connectivity index (χ1n) is 8.69. The number of nitro groups is 1. The second-order valence-corrected chi connectivity index (χ2v) is 6.31. The first kappa shape index (κ1) is 21.6. The molecule has 1 saturated heterocycles. The number of likely N-dealkylation sites (tertiary alicyclic amines) is 1. The summed E-state index contributed by atoms with van der Waals surface area (Å²) < 4.78 is 5.08. The lowest BCUT2D eigenvalue weighted by atomic mass is 9.91. The summed E-state index contributed by atoms with van der Waals surface area (Å²) in [6, 6.07) is -1.38. The SMILES string of the molecule is CCOC(=O)[C@H]1C[C@@H](C)CCN1C(=O)[C@@H](N)CCCN=C(N)N[N+](=O)[O-]. The molecule has 0 aromatic rings. The molecular weight excluding hydrogens is 344 g/mol. The molecule has 0 aliphatic carbocycles. The summed E-state index contributed by atoms with van der Waals surface area (Å²) in [5, 5.41) is 9.39. The Morgan fingerprint density at radius 2 is 2.19 bits per heavy atom. The number of nitrogens with one attached hydrogen (secondary N) is 1. The highest BCUT2D eigenvalue weighted by Gasteiger charge is 2.37. The van der Waals surface area contributed by atoms with Gasteiger partial charge in [-0.25, -0.2) is 19.9 Å². The van der Waals surface area contributed by atoms with Crippen LogP contribution in [-0.2, 0) is 14.3 Å². The van der Waals surface area contributed by atoms with Crippen molar-refractivity contribution in [3.05, 3.63) is 10.1 Å². The maximum atomic E-state index is 12.6. The van der Waals surface area contributed by atoms with E-state index in [2.05, 4.69) is 4.99 Å². The second kappa shape index (κ2) is 10.5. The largest absolute Gasteiger partial charge is 0.464 e. The lowest BCUT2D eigenvalue weighted by Crippen LogP contribution is -2.55. The van der Waals surface area contributed by atoms with Gasteiger partial charge in [-0.2, -0.15) is 0 Å². The summed E-state index contributed by atoms with van der Waals surface area (Å²) in [6.07, 6.45) is 2.13. The Kier molecular flexibility index (Phi) is 8.76. The van der Waals surface area contributed by atoms with Crippen LogP contribution in [0, 0.1) is 16.0 Å². The first-order chi connectivity index (χ1) is 12.3. The normalized spacial score (nSPS) is 21.8. The topological polar surface area (TPSA) is 166 Å². The zero-order valence-electron chi connectivity index (χ0n) is 15.2. The quantitative estimate of drug-likeness (QED) is 0.127. The highest BCUT2D eigenvalue weighted by molar-refractivity contribution is 5.87. The fourth-order valence-corrected chi connectivity index (χ4v) is 2.84. The minimum Gasteiger partial charge on any atom is -0.464 e. The van der Waals surface area contributed by atoms with Crippen LogP contribution in [0.15, 0.2) is 4.99 Å². The molecular formula is C15H28N6O5. The number of hydrazine groups is 1. The number of esters is 1. The van der Waals surface area contributed by atoms with E-state index in [9.17, 15) is 19.7 Å². The van der Waals surface area contributed by atoms with Crippen molar-refractivity contribution in [1.29, 1.82) is 0 Å². The van der Waals surface area contributed by atoms with Gasteiger partial charge in [0.15, 0.2) is 5.03 Å². The standard InChI is InChI=1S/C15H28N6O5/c1-3-26-14(23)12-9-10(2)6-8-20(12)13(22)11(16)5-4-7-18-15(17)19-21(24)25/h10-12H,3-9,16H2,1-2H3,(H3,17,18,19)/t10-,11-,12+/m0/s1. The summed E-state index contributed by atoms with van der Waals surface area (Å²) in [4.78, 5) is 40.3. The summed E-state index contributed by atoms with van der Waals surface area (Å²) in [7, 11) is 0. The van der Waals surface area contributed by atoms with Crippen molar-refractivity contribution in [2.24, 2.45) is 22.4 Å². The number of guanidine groups is 1. The number of nitrogens with two attached hydrogens (primary N) is 2. The van der Waals surface area contributed by atoms with Gasteiger partial charge in [0, 0.05) is 13.1 Å². The van der Waals surface area contributed by atoms with Gasteiger partial charge in [0.05, 0.1) is 12.6 Å². The van der Waals surface area contributed by atoms with Crippen LogP contribution in [0.25, 0.3) is 0 Å². The number of amides is 1. The summed E-state index contributed by atoms with van der Waals surface area (Å²) in [5.74, 6) is -0.670.